The Morgan fingerprint density at radius 3 is 2.41 bits per heavy atom. The molecule has 1 N–H and O–H groups in total. The highest BCUT2D eigenvalue weighted by atomic mass is 19.4. The van der Waals surface area contributed by atoms with Crippen LogP contribution < -0.4 is 5.32 Å². The van der Waals surface area contributed by atoms with Crippen LogP contribution >= 0.6 is 0 Å². The fourth-order valence-electron chi connectivity index (χ4n) is 2.13. The molecule has 0 aliphatic carbocycles. The van der Waals surface area contributed by atoms with Crippen molar-refractivity contribution in [2.45, 2.75) is 26.1 Å². The van der Waals surface area contributed by atoms with Gasteiger partial charge in [-0.05, 0) is 13.8 Å². The maximum Gasteiger partial charge on any atom is 0.433 e. The van der Waals surface area contributed by atoms with Crippen LogP contribution in [-0.2, 0) is 20.3 Å². The lowest BCUT2D eigenvalue weighted by atomic mass is 10.1. The summed E-state index contributed by atoms with van der Waals surface area (Å²) in [7, 11) is 2.91. The molecular weight excluding hydrogens is 299 g/mol. The summed E-state index contributed by atoms with van der Waals surface area (Å²) in [6.07, 6.45) is -2.94. The predicted molar refractivity (Wildman–Crippen MR) is 72.0 cm³/mol. The molecule has 2 aromatic heterocycles. The van der Waals surface area contributed by atoms with Gasteiger partial charge in [0.05, 0.1) is 12.2 Å². The van der Waals surface area contributed by atoms with Gasteiger partial charge in [0.15, 0.2) is 5.69 Å². The first-order chi connectivity index (χ1) is 10.1. The van der Waals surface area contributed by atoms with E-state index < -0.39 is 23.8 Å². The molecular formula is C13H16F3N5O. The van der Waals surface area contributed by atoms with Crippen molar-refractivity contribution >= 4 is 5.91 Å². The minimum atomic E-state index is -4.55. The van der Waals surface area contributed by atoms with E-state index in [4.69, 9.17) is 0 Å². The van der Waals surface area contributed by atoms with Crippen LogP contribution in [0.25, 0.3) is 0 Å². The van der Waals surface area contributed by atoms with Gasteiger partial charge in [0.1, 0.15) is 5.69 Å². The van der Waals surface area contributed by atoms with Crippen LogP contribution in [0.3, 0.4) is 0 Å². The second-order valence-corrected chi connectivity index (χ2v) is 5.04. The van der Waals surface area contributed by atoms with E-state index in [1.165, 1.54) is 0 Å². The Morgan fingerprint density at radius 2 is 1.95 bits per heavy atom. The summed E-state index contributed by atoms with van der Waals surface area (Å²) < 4.78 is 40.4. The zero-order chi connectivity index (χ0) is 16.7. The standard InChI is InChI=1S/C13H16F3N5O/c1-7(9-6-17-20(3)8(9)2)18-12(22)10-5-11(13(14,15)16)21(4)19-10/h5-7H,1-4H3,(H,18,22). The van der Waals surface area contributed by atoms with Gasteiger partial charge in [-0.15, -0.1) is 0 Å². The molecule has 9 heteroatoms. The van der Waals surface area contributed by atoms with Gasteiger partial charge in [-0.3, -0.25) is 14.2 Å². The van der Waals surface area contributed by atoms with Crippen LogP contribution in [0, 0.1) is 6.92 Å². The molecule has 0 aliphatic rings. The molecule has 2 aromatic rings. The largest absolute Gasteiger partial charge is 0.433 e. The molecule has 0 saturated carbocycles. The number of halogens is 3. The number of amides is 1. The lowest BCUT2D eigenvalue weighted by Gasteiger charge is -2.12. The van der Waals surface area contributed by atoms with Crippen molar-refractivity contribution in [1.82, 2.24) is 24.9 Å². The number of alkyl halides is 3. The van der Waals surface area contributed by atoms with Crippen molar-refractivity contribution < 1.29 is 18.0 Å². The Hall–Kier alpha value is -2.32. The number of nitrogens with zero attached hydrogens (tertiary/aromatic N) is 4. The van der Waals surface area contributed by atoms with Gasteiger partial charge in [-0.2, -0.15) is 23.4 Å². The van der Waals surface area contributed by atoms with Gasteiger partial charge in [0, 0.05) is 31.4 Å². The zero-order valence-electron chi connectivity index (χ0n) is 12.6. The molecule has 0 bridgehead atoms. The Bertz CT molecular complexity index is 701. The van der Waals surface area contributed by atoms with Crippen molar-refractivity contribution in [3.8, 4) is 0 Å². The Kier molecular flexibility index (Phi) is 3.99. The van der Waals surface area contributed by atoms with Crippen molar-refractivity contribution in [2.24, 2.45) is 14.1 Å². The molecule has 0 aliphatic heterocycles. The molecule has 2 heterocycles. The second kappa shape index (κ2) is 5.47. The quantitative estimate of drug-likeness (QED) is 0.942. The van der Waals surface area contributed by atoms with E-state index >= 15 is 0 Å². The molecule has 1 unspecified atom stereocenters. The number of hydrogen-bond donors (Lipinski definition) is 1. The summed E-state index contributed by atoms with van der Waals surface area (Å²) in [4.78, 5) is 12.1. The van der Waals surface area contributed by atoms with Crippen molar-refractivity contribution in [1.29, 1.82) is 0 Å². The second-order valence-electron chi connectivity index (χ2n) is 5.04. The van der Waals surface area contributed by atoms with Gasteiger partial charge in [0.25, 0.3) is 5.91 Å². The third-order valence-corrected chi connectivity index (χ3v) is 3.49. The molecule has 0 spiro atoms. The van der Waals surface area contributed by atoms with Crippen LogP contribution in [0.1, 0.15) is 40.4 Å². The number of carbonyl (C=O) groups excluding carboxylic acids is 1. The summed E-state index contributed by atoms with van der Waals surface area (Å²) in [5.74, 6) is -0.665. The summed E-state index contributed by atoms with van der Waals surface area (Å²) in [6, 6.07) is 0.343. The Morgan fingerprint density at radius 1 is 1.32 bits per heavy atom. The van der Waals surface area contributed by atoms with Crippen molar-refractivity contribution in [3.05, 3.63) is 34.9 Å². The maximum absolute atomic E-state index is 12.7. The average Bonchev–Trinajstić information content (AvgIpc) is 2.94. The first-order valence-electron chi connectivity index (χ1n) is 6.52. The molecule has 6 nitrogen and oxygen atoms in total. The number of carbonyl (C=O) groups is 1. The number of aromatic nitrogens is 4. The highest BCUT2D eigenvalue weighted by Crippen LogP contribution is 2.29. The lowest BCUT2D eigenvalue weighted by molar-refractivity contribution is -0.143. The third kappa shape index (κ3) is 2.97. The SMILES string of the molecule is Cc1c(C(C)NC(=O)c2cc(C(F)(F)F)n(C)n2)cnn1C. The van der Waals surface area contributed by atoms with Crippen molar-refractivity contribution in [3.63, 3.8) is 0 Å². The molecule has 22 heavy (non-hydrogen) atoms. The van der Waals surface area contributed by atoms with Crippen LogP contribution in [0.4, 0.5) is 13.2 Å². The summed E-state index contributed by atoms with van der Waals surface area (Å²) in [5, 5.41) is 10.3. The van der Waals surface area contributed by atoms with E-state index in [0.29, 0.717) is 4.68 Å². The minimum Gasteiger partial charge on any atom is -0.344 e. The maximum atomic E-state index is 12.7. The van der Waals surface area contributed by atoms with E-state index in [0.717, 1.165) is 24.4 Å². The first kappa shape index (κ1) is 16.1. The highest BCUT2D eigenvalue weighted by Gasteiger charge is 2.35. The minimum absolute atomic E-state index is 0.275. The van der Waals surface area contributed by atoms with E-state index in [-0.39, 0.29) is 5.69 Å². The molecule has 0 saturated heterocycles. The summed E-state index contributed by atoms with van der Waals surface area (Å²) in [6.45, 7) is 3.57. The van der Waals surface area contributed by atoms with Crippen LogP contribution in [0.15, 0.2) is 12.3 Å². The van der Waals surface area contributed by atoms with Gasteiger partial charge in [0.2, 0.25) is 0 Å². The first-order valence-corrected chi connectivity index (χ1v) is 6.52. The van der Waals surface area contributed by atoms with Crippen LogP contribution in [0.5, 0.6) is 0 Å². The molecule has 1 atom stereocenters. The van der Waals surface area contributed by atoms with Gasteiger partial charge < -0.3 is 5.32 Å². The molecule has 2 rings (SSSR count). The Balaban J connectivity index is 2.18. The summed E-state index contributed by atoms with van der Waals surface area (Å²) >= 11 is 0. The molecule has 1 amide bonds. The zero-order valence-corrected chi connectivity index (χ0v) is 12.6. The fourth-order valence-corrected chi connectivity index (χ4v) is 2.13. The van der Waals surface area contributed by atoms with Gasteiger partial charge in [-0.1, -0.05) is 0 Å². The third-order valence-electron chi connectivity index (χ3n) is 3.49. The van der Waals surface area contributed by atoms with Gasteiger partial charge in [-0.25, -0.2) is 0 Å². The molecule has 0 aromatic carbocycles. The fraction of sp³-hybridized carbons (Fsp3) is 0.462. The molecule has 0 radical (unpaired) electrons. The predicted octanol–water partition coefficient (Wildman–Crippen LogP) is 1.97. The molecule has 120 valence electrons. The number of rotatable bonds is 3. The number of hydrogen-bond acceptors (Lipinski definition) is 3. The van der Waals surface area contributed by atoms with E-state index in [9.17, 15) is 18.0 Å². The van der Waals surface area contributed by atoms with Crippen molar-refractivity contribution in [2.75, 3.05) is 0 Å². The molecule has 0 fully saturated rings. The monoisotopic (exact) mass is 315 g/mol. The smallest absolute Gasteiger partial charge is 0.344 e. The topological polar surface area (TPSA) is 64.7 Å². The van der Waals surface area contributed by atoms with E-state index in [1.807, 2.05) is 6.92 Å². The van der Waals surface area contributed by atoms with E-state index in [2.05, 4.69) is 15.5 Å². The highest BCUT2D eigenvalue weighted by molar-refractivity contribution is 5.92. The number of nitrogens with one attached hydrogen (secondary N) is 1. The Labute approximate surface area is 124 Å². The van der Waals surface area contributed by atoms with Gasteiger partial charge >= 0.3 is 6.18 Å². The van der Waals surface area contributed by atoms with Crippen LogP contribution in [-0.4, -0.2) is 25.5 Å². The normalized spacial score (nSPS) is 13.2. The van der Waals surface area contributed by atoms with Crippen LogP contribution in [0.2, 0.25) is 0 Å². The number of aryl methyl sites for hydroxylation is 2. The average molecular weight is 315 g/mol. The lowest BCUT2D eigenvalue weighted by Crippen LogP contribution is -2.27. The van der Waals surface area contributed by atoms with E-state index in [1.54, 1.807) is 24.9 Å². The summed E-state index contributed by atoms with van der Waals surface area (Å²) in [5.41, 5.74) is 0.415.